The highest BCUT2D eigenvalue weighted by molar-refractivity contribution is 7.34. The van der Waals surface area contributed by atoms with E-state index < -0.39 is 0 Å². The molecule has 0 fully saturated rings. The van der Waals surface area contributed by atoms with Crippen molar-refractivity contribution < 1.29 is 0 Å². The first-order valence-corrected chi connectivity index (χ1v) is 26.7. The Morgan fingerprint density at radius 3 is 1.04 bits per heavy atom. The fraction of sp³-hybridized carbons (Fsp3) is 0.0303. The Kier molecular flexibility index (Phi) is 11.0. The number of para-hydroxylation sites is 2. The summed E-state index contributed by atoms with van der Waals surface area (Å²) in [6, 6.07) is 68.9. The lowest BCUT2D eigenvalue weighted by Crippen LogP contribution is -2.17. The van der Waals surface area contributed by atoms with Crippen molar-refractivity contribution in [3.63, 3.8) is 0 Å². The van der Waals surface area contributed by atoms with Gasteiger partial charge in [0.15, 0.2) is 0 Å². The number of rotatable bonds is 12. The lowest BCUT2D eigenvalue weighted by molar-refractivity contribution is 0.918. The van der Waals surface area contributed by atoms with Gasteiger partial charge in [-0.2, -0.15) is 0 Å². The van der Waals surface area contributed by atoms with Crippen molar-refractivity contribution in [2.75, 3.05) is 14.7 Å². The third-order valence-corrected chi connectivity index (χ3v) is 17.5. The van der Waals surface area contributed by atoms with E-state index in [9.17, 15) is 0 Å². The quantitative estimate of drug-likeness (QED) is 0.121. The summed E-state index contributed by atoms with van der Waals surface area (Å²) >= 11 is 5.78. The molecule has 0 unspecified atom stereocenters. The molecule has 12 aromatic rings. The fourth-order valence-electron chi connectivity index (χ4n) is 10.5. The van der Waals surface area contributed by atoms with Crippen molar-refractivity contribution in [3.05, 3.63) is 248 Å². The van der Waals surface area contributed by atoms with E-state index in [2.05, 4.69) is 241 Å². The molecule has 344 valence electrons. The molecule has 13 rings (SSSR count). The molecule has 6 heteroatoms. The Labute approximate surface area is 431 Å². The van der Waals surface area contributed by atoms with Crippen LogP contribution in [0.3, 0.4) is 0 Å². The minimum atomic E-state index is 0.964. The van der Waals surface area contributed by atoms with Crippen molar-refractivity contribution in [3.8, 4) is 0 Å². The Morgan fingerprint density at radius 2 is 0.694 bits per heavy atom. The van der Waals surface area contributed by atoms with E-state index in [0.717, 1.165) is 75.0 Å². The zero-order valence-corrected chi connectivity index (χ0v) is 41.9. The predicted molar refractivity (Wildman–Crippen MR) is 320 cm³/mol. The van der Waals surface area contributed by atoms with Crippen LogP contribution in [0.5, 0.6) is 0 Å². The van der Waals surface area contributed by atoms with Gasteiger partial charge in [-0.15, -0.1) is 34.0 Å². The standard InChI is InChI=1S/C66H47N3S3/c1-4-43-22-28-49(29-23-43)67(46-16-10-7-11-17-46)52-34-37-58-55(40-52)61-64(70-58)62-57-42-54(69(48-20-14-9-15-21-48)51-32-26-45(6-3)27-33-51)36-39-60(57)72-66(62)63-56-41-53(35-38-59(56)71-65(61)63)68(47-18-12-8-13-19-47)50-30-24-44(5-2)25-31-50/h4-14,16-20,22-42H,1-3,15,21H2. The Bertz CT molecular complexity index is 4000. The topological polar surface area (TPSA) is 9.72 Å². The van der Waals surface area contributed by atoms with E-state index >= 15 is 0 Å². The van der Waals surface area contributed by atoms with Crippen LogP contribution in [0.1, 0.15) is 29.5 Å². The molecule has 3 nitrogen and oxygen atoms in total. The normalized spacial score (nSPS) is 12.5. The van der Waals surface area contributed by atoms with E-state index in [1.54, 1.807) is 0 Å². The lowest BCUT2D eigenvalue weighted by atomic mass is 10.0. The minimum Gasteiger partial charge on any atom is -0.314 e. The van der Waals surface area contributed by atoms with Crippen molar-refractivity contribution in [1.82, 2.24) is 0 Å². The number of hydrogen-bond donors (Lipinski definition) is 0. The molecule has 0 bridgehead atoms. The first kappa shape index (κ1) is 43.7. The van der Waals surface area contributed by atoms with E-state index in [1.807, 2.05) is 52.2 Å². The van der Waals surface area contributed by atoms with Gasteiger partial charge in [0.2, 0.25) is 0 Å². The molecule has 3 heterocycles. The highest BCUT2D eigenvalue weighted by Crippen LogP contribution is 2.55. The van der Waals surface area contributed by atoms with Crippen LogP contribution >= 0.6 is 34.0 Å². The van der Waals surface area contributed by atoms with Gasteiger partial charge in [-0.25, -0.2) is 0 Å². The molecule has 72 heavy (non-hydrogen) atoms. The van der Waals surface area contributed by atoms with Crippen molar-refractivity contribution in [2.45, 2.75) is 12.8 Å². The summed E-state index contributed by atoms with van der Waals surface area (Å²) in [5, 5.41) is 7.77. The smallest absolute Gasteiger partial charge is 0.0468 e. The first-order chi connectivity index (χ1) is 35.5. The summed E-state index contributed by atoms with van der Waals surface area (Å²) in [5.41, 5.74) is 13.5. The number of nitrogens with zero attached hydrogens (tertiary/aromatic N) is 3. The maximum absolute atomic E-state index is 4.04. The van der Waals surface area contributed by atoms with Crippen LogP contribution < -0.4 is 14.7 Å². The number of anilines is 8. The zero-order chi connectivity index (χ0) is 48.3. The van der Waals surface area contributed by atoms with Crippen molar-refractivity contribution in [1.29, 1.82) is 0 Å². The number of allylic oxidation sites excluding steroid dienone is 4. The van der Waals surface area contributed by atoms with Gasteiger partial charge < -0.3 is 14.7 Å². The van der Waals surface area contributed by atoms with Crippen LogP contribution in [-0.4, -0.2) is 0 Å². The molecule has 0 saturated carbocycles. The molecule has 1 aliphatic rings. The Morgan fingerprint density at radius 1 is 0.361 bits per heavy atom. The number of benzene rings is 9. The van der Waals surface area contributed by atoms with E-state index in [-0.39, 0.29) is 0 Å². The molecule has 0 saturated heterocycles. The molecular weight excluding hydrogens is 931 g/mol. The third-order valence-electron chi connectivity index (χ3n) is 13.9. The average Bonchev–Trinajstić information content (AvgIpc) is 4.14. The molecule has 1 aliphatic carbocycles. The van der Waals surface area contributed by atoms with Gasteiger partial charge in [-0.3, -0.25) is 0 Å². The Balaban J connectivity index is 1.10. The van der Waals surface area contributed by atoms with Crippen LogP contribution in [0.2, 0.25) is 0 Å². The van der Waals surface area contributed by atoms with Gasteiger partial charge >= 0.3 is 0 Å². The van der Waals surface area contributed by atoms with Gasteiger partial charge in [0, 0.05) is 112 Å². The monoisotopic (exact) mass is 977 g/mol. The lowest BCUT2D eigenvalue weighted by Gasteiger charge is -2.29. The van der Waals surface area contributed by atoms with Crippen LogP contribution in [0.15, 0.2) is 232 Å². The highest BCUT2D eigenvalue weighted by Gasteiger charge is 2.25. The van der Waals surface area contributed by atoms with E-state index in [0.29, 0.717) is 0 Å². The summed E-state index contributed by atoms with van der Waals surface area (Å²) in [4.78, 5) is 7.21. The fourth-order valence-corrected chi connectivity index (χ4v) is 14.4. The highest BCUT2D eigenvalue weighted by atomic mass is 32.1. The number of thiophene rings is 3. The van der Waals surface area contributed by atoms with Gasteiger partial charge in [0.25, 0.3) is 0 Å². The third kappa shape index (κ3) is 7.46. The molecule has 0 atom stereocenters. The molecule has 0 spiro atoms. The summed E-state index contributed by atoms with van der Waals surface area (Å²) in [5.74, 6) is 0. The van der Waals surface area contributed by atoms with E-state index in [1.165, 1.54) is 66.2 Å². The van der Waals surface area contributed by atoms with Gasteiger partial charge in [-0.05, 0) is 151 Å². The molecule has 3 aromatic heterocycles. The van der Waals surface area contributed by atoms with Crippen molar-refractivity contribution in [2.24, 2.45) is 0 Å². The molecule has 0 amide bonds. The van der Waals surface area contributed by atoms with E-state index in [4.69, 9.17) is 0 Å². The first-order valence-electron chi connectivity index (χ1n) is 24.3. The molecular formula is C66H47N3S3. The number of hydrogen-bond acceptors (Lipinski definition) is 6. The summed E-state index contributed by atoms with van der Waals surface area (Å²) in [6.07, 6.45) is 14.4. The molecule has 9 aromatic carbocycles. The molecule has 0 N–H and O–H groups in total. The average molecular weight is 978 g/mol. The van der Waals surface area contributed by atoms with Gasteiger partial charge in [0.05, 0.1) is 0 Å². The van der Waals surface area contributed by atoms with Crippen LogP contribution in [0, 0.1) is 0 Å². The predicted octanol–water partition coefficient (Wildman–Crippen LogP) is 21.0. The van der Waals surface area contributed by atoms with Crippen LogP contribution in [-0.2, 0) is 0 Å². The van der Waals surface area contributed by atoms with Gasteiger partial charge in [-0.1, -0.05) is 123 Å². The number of fused-ring (bicyclic) bond motifs is 12. The second kappa shape index (κ2) is 18.2. The Hall–Kier alpha value is -8.26. The molecule has 0 aliphatic heterocycles. The largest absolute Gasteiger partial charge is 0.314 e. The van der Waals surface area contributed by atoms with Crippen molar-refractivity contribution >= 4 is 158 Å². The maximum Gasteiger partial charge on any atom is 0.0468 e. The zero-order valence-electron chi connectivity index (χ0n) is 39.5. The summed E-state index contributed by atoms with van der Waals surface area (Å²) in [6.45, 7) is 12.1. The molecule has 0 radical (unpaired) electrons. The van der Waals surface area contributed by atoms with Crippen LogP contribution in [0.25, 0.3) is 78.7 Å². The second-order valence-corrected chi connectivity index (χ2v) is 21.3. The van der Waals surface area contributed by atoms with Crippen LogP contribution in [0.4, 0.5) is 45.5 Å². The van der Waals surface area contributed by atoms with Gasteiger partial charge in [0.1, 0.15) is 0 Å². The summed E-state index contributed by atoms with van der Waals surface area (Å²) in [7, 11) is 0. The second-order valence-electron chi connectivity index (χ2n) is 18.1. The summed E-state index contributed by atoms with van der Waals surface area (Å²) < 4.78 is 7.80. The minimum absolute atomic E-state index is 0.964. The maximum atomic E-state index is 4.04. The SMILES string of the molecule is C=Cc1ccc(N(C2=CC=CCC2)c2ccc3sc4c(c3c2)c2sc3ccc(N(c5ccccc5)c5ccc(C=C)cc5)cc3c2c2sc3ccc(N(c5ccccc5)c5ccc(C=C)cc5)cc3c42)cc1.